The molecule has 0 atom stereocenters. The fourth-order valence-electron chi connectivity index (χ4n) is 2.87. The summed E-state index contributed by atoms with van der Waals surface area (Å²) in [5, 5.41) is 8.08. The van der Waals surface area contributed by atoms with E-state index in [2.05, 4.69) is 37.7 Å². The van der Waals surface area contributed by atoms with Gasteiger partial charge in [-0.15, -0.1) is 0 Å². The Morgan fingerprint density at radius 3 is 2.52 bits per heavy atom. The van der Waals surface area contributed by atoms with Crippen molar-refractivity contribution < 1.29 is 0 Å². The number of nitrogens with zero attached hydrogens (tertiary/aromatic N) is 4. The lowest BCUT2D eigenvalue weighted by molar-refractivity contribution is 1.06. The van der Waals surface area contributed by atoms with E-state index in [1.165, 1.54) is 5.56 Å². The van der Waals surface area contributed by atoms with E-state index in [4.69, 9.17) is 11.6 Å². The van der Waals surface area contributed by atoms with Gasteiger partial charge < -0.3 is 5.32 Å². The van der Waals surface area contributed by atoms with E-state index in [0.29, 0.717) is 23.5 Å². The first-order valence-electron chi connectivity index (χ1n) is 9.80. The van der Waals surface area contributed by atoms with Gasteiger partial charge in [0.15, 0.2) is 0 Å². The number of aromatic nitrogens is 3. The van der Waals surface area contributed by atoms with Crippen molar-refractivity contribution in [1.29, 1.82) is 0 Å². The number of benzene rings is 2. The van der Waals surface area contributed by atoms with Crippen LogP contribution in [0.15, 0.2) is 84.1 Å². The molecule has 6 nitrogen and oxygen atoms in total. The molecule has 0 aliphatic rings. The summed E-state index contributed by atoms with van der Waals surface area (Å²) < 4.78 is 0. The van der Waals surface area contributed by atoms with Gasteiger partial charge in [-0.3, -0.25) is 0 Å². The summed E-state index contributed by atoms with van der Waals surface area (Å²) in [5.41, 5.74) is 7.92. The SMILES string of the molecule is Cc1ccc(C=NNc2nc(NCc3ccc(Cl)nc3)cc(-c3ccccc3)n2)cc1. The van der Waals surface area contributed by atoms with Crippen LogP contribution in [0.4, 0.5) is 11.8 Å². The third-order valence-corrected chi connectivity index (χ3v) is 4.74. The van der Waals surface area contributed by atoms with Gasteiger partial charge in [0.2, 0.25) is 5.95 Å². The van der Waals surface area contributed by atoms with Crippen LogP contribution in [0.25, 0.3) is 11.3 Å². The predicted octanol–water partition coefficient (Wildman–Crippen LogP) is 5.56. The molecule has 0 spiro atoms. The van der Waals surface area contributed by atoms with Crippen molar-refractivity contribution in [3.63, 3.8) is 0 Å². The van der Waals surface area contributed by atoms with Crippen LogP contribution < -0.4 is 10.7 Å². The average molecular weight is 429 g/mol. The zero-order valence-electron chi connectivity index (χ0n) is 17.0. The van der Waals surface area contributed by atoms with E-state index in [-0.39, 0.29) is 0 Å². The maximum absolute atomic E-state index is 5.86. The highest BCUT2D eigenvalue weighted by atomic mass is 35.5. The second kappa shape index (κ2) is 9.82. The summed E-state index contributed by atoms with van der Waals surface area (Å²) in [6, 6.07) is 23.7. The maximum Gasteiger partial charge on any atom is 0.246 e. The molecule has 0 saturated heterocycles. The van der Waals surface area contributed by atoms with E-state index in [1.807, 2.05) is 66.7 Å². The molecular weight excluding hydrogens is 408 g/mol. The molecule has 4 rings (SSSR count). The van der Waals surface area contributed by atoms with Gasteiger partial charge in [-0.1, -0.05) is 77.8 Å². The van der Waals surface area contributed by atoms with Crippen LogP contribution in [0.2, 0.25) is 5.15 Å². The standard InChI is InChI=1S/C24H21ClN6/c1-17-7-9-18(10-8-17)16-28-31-24-29-21(20-5-3-2-4-6-20)13-23(30-24)27-15-19-11-12-22(25)26-14-19/h2-14,16H,15H2,1H3,(H2,27,29,30,31). The molecule has 0 bridgehead atoms. The molecule has 2 N–H and O–H groups in total. The predicted molar refractivity (Wildman–Crippen MR) is 126 cm³/mol. The highest BCUT2D eigenvalue weighted by molar-refractivity contribution is 6.29. The first kappa shape index (κ1) is 20.5. The average Bonchev–Trinajstić information content (AvgIpc) is 2.80. The summed E-state index contributed by atoms with van der Waals surface area (Å²) >= 11 is 5.86. The topological polar surface area (TPSA) is 75.1 Å². The third kappa shape index (κ3) is 5.87. The van der Waals surface area contributed by atoms with Gasteiger partial charge in [0.05, 0.1) is 11.9 Å². The lowest BCUT2D eigenvalue weighted by Gasteiger charge is -2.10. The van der Waals surface area contributed by atoms with Crippen molar-refractivity contribution in [2.75, 3.05) is 10.7 Å². The van der Waals surface area contributed by atoms with Gasteiger partial charge in [0.1, 0.15) is 11.0 Å². The van der Waals surface area contributed by atoms with Gasteiger partial charge in [-0.05, 0) is 24.1 Å². The minimum Gasteiger partial charge on any atom is -0.366 e. The van der Waals surface area contributed by atoms with Crippen molar-refractivity contribution >= 4 is 29.6 Å². The number of aryl methyl sites for hydroxylation is 1. The quantitative estimate of drug-likeness (QED) is 0.229. The van der Waals surface area contributed by atoms with Crippen LogP contribution in [0, 0.1) is 6.92 Å². The minimum atomic E-state index is 0.404. The van der Waals surface area contributed by atoms with Crippen molar-refractivity contribution in [2.45, 2.75) is 13.5 Å². The largest absolute Gasteiger partial charge is 0.366 e. The molecule has 0 saturated carbocycles. The summed E-state index contributed by atoms with van der Waals surface area (Å²) in [7, 11) is 0. The molecule has 2 aromatic heterocycles. The molecule has 7 heteroatoms. The Morgan fingerprint density at radius 1 is 0.968 bits per heavy atom. The molecule has 0 fully saturated rings. The first-order valence-corrected chi connectivity index (χ1v) is 10.2. The maximum atomic E-state index is 5.86. The second-order valence-corrected chi connectivity index (χ2v) is 7.34. The lowest BCUT2D eigenvalue weighted by Crippen LogP contribution is -2.06. The Morgan fingerprint density at radius 2 is 1.77 bits per heavy atom. The molecule has 31 heavy (non-hydrogen) atoms. The number of hydrogen-bond donors (Lipinski definition) is 2. The van der Waals surface area contributed by atoms with Crippen molar-refractivity contribution in [3.8, 4) is 11.3 Å². The smallest absolute Gasteiger partial charge is 0.246 e. The van der Waals surface area contributed by atoms with E-state index in [9.17, 15) is 0 Å². The summed E-state index contributed by atoms with van der Waals surface area (Å²) in [5.74, 6) is 1.08. The monoisotopic (exact) mass is 428 g/mol. The molecule has 154 valence electrons. The molecule has 4 aromatic rings. The molecule has 0 unspecified atom stereocenters. The zero-order chi connectivity index (χ0) is 21.5. The minimum absolute atomic E-state index is 0.404. The Bertz CT molecular complexity index is 1160. The van der Waals surface area contributed by atoms with E-state index in [1.54, 1.807) is 18.5 Å². The van der Waals surface area contributed by atoms with Crippen molar-refractivity contribution in [1.82, 2.24) is 15.0 Å². The summed E-state index contributed by atoms with van der Waals surface area (Å²) in [4.78, 5) is 13.3. The van der Waals surface area contributed by atoms with Gasteiger partial charge in [0, 0.05) is 24.4 Å². The zero-order valence-corrected chi connectivity index (χ0v) is 17.7. The van der Waals surface area contributed by atoms with Gasteiger partial charge in [0.25, 0.3) is 0 Å². The van der Waals surface area contributed by atoms with Crippen LogP contribution in [-0.4, -0.2) is 21.2 Å². The lowest BCUT2D eigenvalue weighted by atomic mass is 10.1. The first-order chi connectivity index (χ1) is 15.2. The number of rotatable bonds is 7. The van der Waals surface area contributed by atoms with Crippen LogP contribution in [-0.2, 0) is 6.54 Å². The number of nitrogens with one attached hydrogen (secondary N) is 2. The summed E-state index contributed by atoms with van der Waals surface area (Å²) in [6.45, 7) is 2.61. The van der Waals surface area contributed by atoms with E-state index >= 15 is 0 Å². The van der Waals surface area contributed by atoms with Gasteiger partial charge in [-0.25, -0.2) is 15.4 Å². The fraction of sp³-hybridized carbons (Fsp3) is 0.0833. The van der Waals surface area contributed by atoms with Crippen LogP contribution in [0.3, 0.4) is 0 Å². The number of anilines is 2. The fourth-order valence-corrected chi connectivity index (χ4v) is 2.98. The molecule has 0 aliphatic carbocycles. The number of halogens is 1. The van der Waals surface area contributed by atoms with Gasteiger partial charge >= 0.3 is 0 Å². The Labute approximate surface area is 186 Å². The van der Waals surface area contributed by atoms with Gasteiger partial charge in [-0.2, -0.15) is 10.1 Å². The molecule has 0 amide bonds. The molecule has 0 aliphatic heterocycles. The molecule has 0 radical (unpaired) electrons. The third-order valence-electron chi connectivity index (χ3n) is 4.51. The Balaban J connectivity index is 1.55. The Hall–Kier alpha value is -3.77. The highest BCUT2D eigenvalue weighted by Gasteiger charge is 2.07. The number of hydrazone groups is 1. The van der Waals surface area contributed by atoms with E-state index < -0.39 is 0 Å². The van der Waals surface area contributed by atoms with Crippen molar-refractivity contribution in [3.05, 3.63) is 101 Å². The van der Waals surface area contributed by atoms with Crippen LogP contribution >= 0.6 is 11.6 Å². The number of pyridine rings is 1. The molecular formula is C24H21ClN6. The van der Waals surface area contributed by atoms with E-state index in [0.717, 1.165) is 22.4 Å². The van der Waals surface area contributed by atoms with Crippen LogP contribution in [0.5, 0.6) is 0 Å². The molecule has 2 heterocycles. The normalized spacial score (nSPS) is 10.9. The molecule has 2 aromatic carbocycles. The van der Waals surface area contributed by atoms with Crippen molar-refractivity contribution in [2.24, 2.45) is 5.10 Å². The Kier molecular flexibility index (Phi) is 6.50. The summed E-state index contributed by atoms with van der Waals surface area (Å²) in [6.07, 6.45) is 3.48. The highest BCUT2D eigenvalue weighted by Crippen LogP contribution is 2.22. The van der Waals surface area contributed by atoms with Crippen LogP contribution in [0.1, 0.15) is 16.7 Å². The number of hydrogen-bond acceptors (Lipinski definition) is 6. The second-order valence-electron chi connectivity index (χ2n) is 6.95.